The predicted octanol–water partition coefficient (Wildman–Crippen LogP) is 2.59. The molecule has 0 bridgehead atoms. The van der Waals surface area contributed by atoms with E-state index in [-0.39, 0.29) is 5.09 Å². The summed E-state index contributed by atoms with van der Waals surface area (Å²) in [5, 5.41) is 3.29. The highest BCUT2D eigenvalue weighted by Gasteiger charge is 2.29. The van der Waals surface area contributed by atoms with Crippen LogP contribution in [0.5, 0.6) is 0 Å². The lowest BCUT2D eigenvalue weighted by Gasteiger charge is -2.18. The topological polar surface area (TPSA) is 62.6 Å². The molecule has 2 heterocycles. The van der Waals surface area contributed by atoms with Crippen molar-refractivity contribution >= 4 is 10.0 Å². The summed E-state index contributed by atoms with van der Waals surface area (Å²) in [6.45, 7) is 7.98. The molecule has 0 saturated carbocycles. The summed E-state index contributed by atoms with van der Waals surface area (Å²) in [6, 6.07) is 3.64. The van der Waals surface area contributed by atoms with Crippen LogP contribution in [0.25, 0.3) is 0 Å². The van der Waals surface area contributed by atoms with Crippen molar-refractivity contribution in [2.75, 3.05) is 13.1 Å². The van der Waals surface area contributed by atoms with Crippen molar-refractivity contribution in [1.29, 1.82) is 0 Å². The van der Waals surface area contributed by atoms with Gasteiger partial charge in [0, 0.05) is 19.1 Å². The highest BCUT2D eigenvalue weighted by molar-refractivity contribution is 7.89. The Morgan fingerprint density at radius 2 is 2.10 bits per heavy atom. The first-order chi connectivity index (χ1) is 9.89. The van der Waals surface area contributed by atoms with Crippen molar-refractivity contribution in [2.24, 2.45) is 5.92 Å². The summed E-state index contributed by atoms with van der Waals surface area (Å²) in [7, 11) is -3.49. The molecule has 1 aliphatic rings. The fourth-order valence-electron chi connectivity index (χ4n) is 2.50. The van der Waals surface area contributed by atoms with Crippen molar-refractivity contribution in [1.82, 2.24) is 9.62 Å². The van der Waals surface area contributed by atoms with Gasteiger partial charge in [0.1, 0.15) is 5.76 Å². The number of rotatable bonds is 5. The Morgan fingerprint density at radius 1 is 1.33 bits per heavy atom. The largest absolute Gasteiger partial charge is 0.447 e. The maximum Gasteiger partial charge on any atom is 0.276 e. The Kier molecular flexibility index (Phi) is 5.46. The fourth-order valence-corrected chi connectivity index (χ4v) is 3.92. The average Bonchev–Trinajstić information content (AvgIpc) is 2.79. The van der Waals surface area contributed by atoms with E-state index in [1.807, 2.05) is 13.8 Å². The standard InChI is InChI=1S/C15H26N2O3S/c1-12(2)16-11-14-6-7-15(20-14)21(18,19)17-9-4-5-13(3)8-10-17/h6-7,12-13,16H,4-5,8-11H2,1-3H3. The molecular weight excluding hydrogens is 288 g/mol. The van der Waals surface area contributed by atoms with Crippen LogP contribution in [0.15, 0.2) is 21.6 Å². The third-order valence-electron chi connectivity index (χ3n) is 3.89. The quantitative estimate of drug-likeness (QED) is 0.907. The van der Waals surface area contributed by atoms with Crippen LogP contribution in [0.3, 0.4) is 0 Å². The zero-order valence-electron chi connectivity index (χ0n) is 13.1. The van der Waals surface area contributed by atoms with Gasteiger partial charge in [0.25, 0.3) is 10.0 Å². The number of nitrogens with one attached hydrogen (secondary N) is 1. The summed E-state index contributed by atoms with van der Waals surface area (Å²) >= 11 is 0. The normalized spacial score (nSPS) is 21.6. The number of sulfonamides is 1. The molecule has 0 amide bonds. The van der Waals surface area contributed by atoms with Crippen molar-refractivity contribution in [3.8, 4) is 0 Å². The molecule has 6 heteroatoms. The van der Waals surface area contributed by atoms with Crippen molar-refractivity contribution in [3.05, 3.63) is 17.9 Å². The van der Waals surface area contributed by atoms with Gasteiger partial charge in [-0.05, 0) is 37.3 Å². The number of nitrogens with zero attached hydrogens (tertiary/aromatic N) is 1. The summed E-state index contributed by atoms with van der Waals surface area (Å²) in [6.07, 6.45) is 2.93. The summed E-state index contributed by atoms with van der Waals surface area (Å²) in [5.74, 6) is 1.25. The van der Waals surface area contributed by atoms with Crippen molar-refractivity contribution in [2.45, 2.75) is 57.7 Å². The van der Waals surface area contributed by atoms with Crippen LogP contribution >= 0.6 is 0 Å². The summed E-state index contributed by atoms with van der Waals surface area (Å²) in [4.78, 5) is 0. The molecule has 1 atom stereocenters. The maximum atomic E-state index is 12.6. The molecule has 1 saturated heterocycles. The molecule has 1 fully saturated rings. The van der Waals surface area contributed by atoms with E-state index in [1.165, 1.54) is 0 Å². The first-order valence-corrected chi connectivity index (χ1v) is 9.16. The van der Waals surface area contributed by atoms with E-state index >= 15 is 0 Å². The SMILES string of the molecule is CC1CCCN(S(=O)(=O)c2ccc(CNC(C)C)o2)CC1. The second-order valence-corrected chi connectivity index (χ2v) is 8.07. The molecule has 0 aliphatic carbocycles. The number of hydrogen-bond acceptors (Lipinski definition) is 4. The van der Waals surface area contributed by atoms with Crippen molar-refractivity contribution in [3.63, 3.8) is 0 Å². The second-order valence-electron chi connectivity index (χ2n) is 6.20. The summed E-state index contributed by atoms with van der Waals surface area (Å²) < 4.78 is 32.3. The highest BCUT2D eigenvalue weighted by Crippen LogP contribution is 2.24. The van der Waals surface area contributed by atoms with Crippen LogP contribution in [0, 0.1) is 5.92 Å². The van der Waals surface area contributed by atoms with Gasteiger partial charge in [-0.15, -0.1) is 0 Å². The van der Waals surface area contributed by atoms with E-state index in [9.17, 15) is 8.42 Å². The molecule has 5 nitrogen and oxygen atoms in total. The fraction of sp³-hybridized carbons (Fsp3) is 0.733. The Bertz CT molecular complexity index is 551. The lowest BCUT2D eigenvalue weighted by Crippen LogP contribution is -2.31. The van der Waals surface area contributed by atoms with E-state index in [0.29, 0.717) is 37.4 Å². The molecule has 0 aromatic carbocycles. The van der Waals surface area contributed by atoms with E-state index in [0.717, 1.165) is 19.3 Å². The molecule has 1 aromatic heterocycles. The van der Waals surface area contributed by atoms with Gasteiger partial charge in [-0.1, -0.05) is 20.8 Å². The Balaban J connectivity index is 2.08. The molecule has 1 aromatic rings. The smallest absolute Gasteiger partial charge is 0.276 e. The van der Waals surface area contributed by atoms with Crippen LogP contribution in [0.4, 0.5) is 0 Å². The monoisotopic (exact) mass is 314 g/mol. The first kappa shape index (κ1) is 16.5. The molecule has 1 unspecified atom stereocenters. The van der Waals surface area contributed by atoms with Gasteiger partial charge < -0.3 is 9.73 Å². The average molecular weight is 314 g/mol. The third kappa shape index (κ3) is 4.31. The zero-order chi connectivity index (χ0) is 15.5. The molecule has 2 rings (SSSR count). The van der Waals surface area contributed by atoms with E-state index < -0.39 is 10.0 Å². The molecule has 1 N–H and O–H groups in total. The van der Waals surface area contributed by atoms with Crippen LogP contribution in [-0.2, 0) is 16.6 Å². The van der Waals surface area contributed by atoms with Gasteiger partial charge in [0.05, 0.1) is 6.54 Å². The minimum atomic E-state index is -3.49. The predicted molar refractivity (Wildman–Crippen MR) is 82.5 cm³/mol. The van der Waals surface area contributed by atoms with Crippen LogP contribution in [-0.4, -0.2) is 31.9 Å². The van der Waals surface area contributed by atoms with Gasteiger partial charge in [-0.2, -0.15) is 4.31 Å². The lowest BCUT2D eigenvalue weighted by molar-refractivity contribution is 0.362. The van der Waals surface area contributed by atoms with Crippen molar-refractivity contribution < 1.29 is 12.8 Å². The minimum absolute atomic E-state index is 0.0672. The van der Waals surface area contributed by atoms with Crippen LogP contribution in [0.1, 0.15) is 45.8 Å². The number of furan rings is 1. The van der Waals surface area contributed by atoms with Crippen LogP contribution < -0.4 is 5.32 Å². The van der Waals surface area contributed by atoms with Gasteiger partial charge >= 0.3 is 0 Å². The number of hydrogen-bond donors (Lipinski definition) is 1. The Labute approximate surface area is 127 Å². The molecular formula is C15H26N2O3S. The third-order valence-corrected chi connectivity index (χ3v) is 5.66. The van der Waals surface area contributed by atoms with Gasteiger partial charge in [-0.3, -0.25) is 0 Å². The summed E-state index contributed by atoms with van der Waals surface area (Å²) in [5.41, 5.74) is 0. The zero-order valence-corrected chi connectivity index (χ0v) is 13.9. The second kappa shape index (κ2) is 6.94. The minimum Gasteiger partial charge on any atom is -0.447 e. The van der Waals surface area contributed by atoms with E-state index in [4.69, 9.17) is 4.42 Å². The molecule has 120 valence electrons. The Morgan fingerprint density at radius 3 is 2.81 bits per heavy atom. The molecule has 0 radical (unpaired) electrons. The van der Waals surface area contributed by atoms with E-state index in [1.54, 1.807) is 16.4 Å². The maximum absolute atomic E-state index is 12.6. The highest BCUT2D eigenvalue weighted by atomic mass is 32.2. The lowest BCUT2D eigenvalue weighted by atomic mass is 10.0. The molecule has 0 spiro atoms. The van der Waals surface area contributed by atoms with Gasteiger partial charge in [0.15, 0.2) is 0 Å². The molecule has 1 aliphatic heterocycles. The Hall–Kier alpha value is -0.850. The van der Waals surface area contributed by atoms with E-state index in [2.05, 4.69) is 12.2 Å². The van der Waals surface area contributed by atoms with Gasteiger partial charge in [0.2, 0.25) is 5.09 Å². The molecule has 21 heavy (non-hydrogen) atoms. The van der Waals surface area contributed by atoms with Crippen LogP contribution in [0.2, 0.25) is 0 Å². The van der Waals surface area contributed by atoms with Gasteiger partial charge in [-0.25, -0.2) is 8.42 Å². The first-order valence-electron chi connectivity index (χ1n) is 7.72.